The van der Waals surface area contributed by atoms with Gasteiger partial charge in [-0.2, -0.15) is 5.10 Å². The Labute approximate surface area is 221 Å². The third kappa shape index (κ3) is 4.25. The molecule has 0 amide bonds. The summed E-state index contributed by atoms with van der Waals surface area (Å²) in [4.78, 5) is 21.7. The molecular weight excluding hydrogens is 522 g/mol. The van der Waals surface area contributed by atoms with Crippen LogP contribution in [0.2, 0.25) is 5.02 Å². The van der Waals surface area contributed by atoms with Crippen LogP contribution in [-0.4, -0.2) is 34.8 Å². The number of nitrogens with zero attached hydrogens (tertiary/aromatic N) is 5. The molecule has 1 saturated carbocycles. The molecule has 3 atom stereocenters. The van der Waals surface area contributed by atoms with Crippen molar-refractivity contribution in [3.63, 3.8) is 0 Å². The van der Waals surface area contributed by atoms with E-state index in [4.69, 9.17) is 20.5 Å². The zero-order chi connectivity index (χ0) is 29.3. The molecule has 37 heavy (non-hydrogen) atoms. The van der Waals surface area contributed by atoms with E-state index in [0.29, 0.717) is 17.7 Å². The zero-order valence-corrected chi connectivity index (χ0v) is 21.5. The lowest BCUT2D eigenvalue weighted by Gasteiger charge is -2.17. The largest absolute Gasteiger partial charge is 0.277 e. The van der Waals surface area contributed by atoms with Crippen molar-refractivity contribution in [2.75, 3.05) is 6.26 Å². The van der Waals surface area contributed by atoms with Gasteiger partial charge in [0.2, 0.25) is 0 Å². The van der Waals surface area contributed by atoms with Crippen LogP contribution >= 0.6 is 11.6 Å². The van der Waals surface area contributed by atoms with E-state index >= 15 is 8.78 Å². The lowest BCUT2D eigenvalue weighted by Crippen LogP contribution is -2.26. The average Bonchev–Trinajstić information content (AvgIpc) is 3.47. The van der Waals surface area contributed by atoms with Crippen molar-refractivity contribution in [1.29, 1.82) is 4.78 Å². The van der Waals surface area contributed by atoms with Gasteiger partial charge in [-0.25, -0.2) is 22.8 Å². The Morgan fingerprint density at radius 1 is 1.22 bits per heavy atom. The summed E-state index contributed by atoms with van der Waals surface area (Å²) in [7, 11) is -3.45. The molecule has 0 unspecified atom stereocenters. The van der Waals surface area contributed by atoms with Crippen molar-refractivity contribution >= 4 is 21.3 Å². The molecule has 0 radical (unpaired) electrons. The summed E-state index contributed by atoms with van der Waals surface area (Å²) in [5.74, 6) is -2.32. The number of nitrogens with one attached hydrogen (secondary N) is 1. The molecule has 3 heterocycles. The minimum atomic E-state index is -3.45. The first kappa shape index (κ1) is 21.6. The van der Waals surface area contributed by atoms with Gasteiger partial charge in [0.15, 0.2) is 5.82 Å². The monoisotopic (exact) mass is 547 g/mol. The van der Waals surface area contributed by atoms with Gasteiger partial charge in [-0.1, -0.05) is 17.7 Å². The zero-order valence-electron chi connectivity index (χ0n) is 22.9. The molecule has 3 aromatic heterocycles. The summed E-state index contributed by atoms with van der Waals surface area (Å²) >= 11 is 6.49. The number of pyridine rings is 1. The molecule has 192 valence electrons. The molecule has 1 aromatic carbocycles. The van der Waals surface area contributed by atoms with Crippen molar-refractivity contribution in [2.24, 2.45) is 6.98 Å². The lowest BCUT2D eigenvalue weighted by atomic mass is 10.1. The molecule has 1 aliphatic rings. The van der Waals surface area contributed by atoms with Crippen LogP contribution in [0.15, 0.2) is 46.5 Å². The lowest BCUT2D eigenvalue weighted by molar-refractivity contribution is 0.585. The van der Waals surface area contributed by atoms with Gasteiger partial charge >= 0.3 is 0 Å². The maximum atomic E-state index is 16.0. The standard InChI is InChI=1S/C25H23ClF2N6O2S/c1-12-9-30-23(15-6-5-7-18(20(15)27)37(4,29)36)21(28)24(12)34-13(2)32-22(19(26)25(34)35)17-8-16(17)14-10-31-33(3)11-14/h5-7,9-11,16-17,29H,8H2,1-4H3/t16-,17+,37+/m1/s1/i3D3. The van der Waals surface area contributed by atoms with Gasteiger partial charge in [-0.3, -0.25) is 19.0 Å². The van der Waals surface area contributed by atoms with E-state index < -0.39 is 39.6 Å². The summed E-state index contributed by atoms with van der Waals surface area (Å²) in [5.41, 5.74) is -0.436. The number of benzene rings is 1. The topological polar surface area (TPSA) is 107 Å². The number of rotatable bonds is 5. The smallest absolute Gasteiger partial charge is 0.276 e. The Hall–Kier alpha value is -3.44. The highest BCUT2D eigenvalue weighted by Gasteiger charge is 2.43. The molecule has 4 aromatic rings. The van der Waals surface area contributed by atoms with Crippen molar-refractivity contribution in [3.05, 3.63) is 86.4 Å². The minimum Gasteiger partial charge on any atom is -0.276 e. The molecule has 8 nitrogen and oxygen atoms in total. The molecule has 0 aliphatic heterocycles. The molecule has 5 rings (SSSR count). The van der Waals surface area contributed by atoms with Gasteiger partial charge in [0.25, 0.3) is 5.56 Å². The third-order valence-electron chi connectivity index (χ3n) is 6.43. The molecular formula is C25H23ClF2N6O2S. The highest BCUT2D eigenvalue weighted by atomic mass is 35.5. The summed E-state index contributed by atoms with van der Waals surface area (Å²) in [6.45, 7) is 0.623. The third-order valence-corrected chi connectivity index (χ3v) is 7.94. The second-order valence-corrected chi connectivity index (χ2v) is 11.6. The second kappa shape index (κ2) is 8.84. The van der Waals surface area contributed by atoms with Crippen LogP contribution in [0.3, 0.4) is 0 Å². The SMILES string of the molecule is [2H]C([2H])([2H])n1cc([C@H]2C[C@@H]2c2nc(C)n(-c3c(C)cnc(-c4cccc([S@@](C)(=N)=O)c4F)c3F)c(=O)c2Cl)cn1. The van der Waals surface area contributed by atoms with E-state index in [2.05, 4.69) is 15.1 Å². The first-order valence-corrected chi connectivity index (χ1v) is 13.5. The van der Waals surface area contributed by atoms with Gasteiger partial charge < -0.3 is 0 Å². The van der Waals surface area contributed by atoms with E-state index in [-0.39, 0.29) is 44.4 Å². The average molecular weight is 548 g/mol. The summed E-state index contributed by atoms with van der Waals surface area (Å²) < 4.78 is 75.6. The molecule has 1 N–H and O–H groups in total. The van der Waals surface area contributed by atoms with Crippen LogP contribution in [-0.2, 0) is 16.7 Å². The van der Waals surface area contributed by atoms with Gasteiger partial charge in [0, 0.05) is 41.2 Å². The summed E-state index contributed by atoms with van der Waals surface area (Å²) in [6.07, 6.45) is 5.80. The van der Waals surface area contributed by atoms with E-state index in [0.717, 1.165) is 15.5 Å². The second-order valence-electron chi connectivity index (χ2n) is 9.08. The van der Waals surface area contributed by atoms with Crippen LogP contribution in [0, 0.1) is 30.3 Å². The first-order chi connectivity index (χ1) is 18.6. The Kier molecular flexibility index (Phi) is 5.17. The van der Waals surface area contributed by atoms with Crippen molar-refractivity contribution in [3.8, 4) is 16.9 Å². The Balaban J connectivity index is 1.58. The van der Waals surface area contributed by atoms with E-state index in [1.165, 1.54) is 50.6 Å². The number of aryl methyl sites for hydroxylation is 3. The molecule has 0 bridgehead atoms. The fourth-order valence-electron chi connectivity index (χ4n) is 4.55. The van der Waals surface area contributed by atoms with Crippen LogP contribution in [0.4, 0.5) is 8.78 Å². The predicted molar refractivity (Wildman–Crippen MR) is 136 cm³/mol. The maximum Gasteiger partial charge on any atom is 0.277 e. The highest BCUT2D eigenvalue weighted by Crippen LogP contribution is 2.55. The summed E-state index contributed by atoms with van der Waals surface area (Å²) in [5, 5.41) is 3.68. The van der Waals surface area contributed by atoms with Gasteiger partial charge in [0.1, 0.15) is 22.4 Å². The molecule has 1 aliphatic carbocycles. The van der Waals surface area contributed by atoms with Gasteiger partial charge in [-0.05, 0) is 49.4 Å². The Morgan fingerprint density at radius 3 is 2.65 bits per heavy atom. The van der Waals surface area contributed by atoms with Crippen LogP contribution < -0.4 is 5.56 Å². The van der Waals surface area contributed by atoms with Crippen molar-refractivity contribution in [2.45, 2.75) is 37.0 Å². The molecule has 0 saturated heterocycles. The first-order valence-electron chi connectivity index (χ1n) is 12.6. The fraction of sp³-hybridized carbons (Fsp3) is 0.280. The quantitative estimate of drug-likeness (QED) is 0.383. The van der Waals surface area contributed by atoms with E-state index in [1.807, 2.05) is 0 Å². The Morgan fingerprint density at radius 2 is 1.97 bits per heavy atom. The number of halogens is 3. The Bertz CT molecular complexity index is 1860. The minimum absolute atomic E-state index is 0.129. The van der Waals surface area contributed by atoms with Crippen molar-refractivity contribution in [1.82, 2.24) is 24.3 Å². The van der Waals surface area contributed by atoms with Gasteiger partial charge in [0.05, 0.1) is 32.2 Å². The normalized spacial score (nSPS) is 20.1. The van der Waals surface area contributed by atoms with Crippen LogP contribution in [0.1, 0.15) is 45.0 Å². The van der Waals surface area contributed by atoms with E-state index in [9.17, 15) is 9.00 Å². The number of hydrogen-bond donors (Lipinski definition) is 1. The molecule has 12 heteroatoms. The number of aromatic nitrogens is 5. The van der Waals surface area contributed by atoms with Gasteiger partial charge in [-0.15, -0.1) is 0 Å². The number of hydrogen-bond acceptors (Lipinski definition) is 6. The molecule has 1 fully saturated rings. The fourth-order valence-corrected chi connectivity index (χ4v) is 5.61. The highest BCUT2D eigenvalue weighted by molar-refractivity contribution is 7.91. The maximum absolute atomic E-state index is 16.0. The van der Waals surface area contributed by atoms with Crippen LogP contribution in [0.25, 0.3) is 16.9 Å². The summed E-state index contributed by atoms with van der Waals surface area (Å²) in [6, 6.07) is 3.79. The van der Waals surface area contributed by atoms with E-state index in [1.54, 1.807) is 0 Å². The predicted octanol–water partition coefficient (Wildman–Crippen LogP) is 4.88. The van der Waals surface area contributed by atoms with Crippen molar-refractivity contribution < 1.29 is 17.1 Å². The van der Waals surface area contributed by atoms with Crippen LogP contribution in [0.5, 0.6) is 0 Å². The molecule has 0 spiro atoms.